The number of amides is 1. The lowest BCUT2D eigenvalue weighted by atomic mass is 10.00. The number of hydrogen-bond acceptors (Lipinski definition) is 5. The molecule has 4 unspecified atom stereocenters. The molecule has 0 rings (SSSR count). The fourth-order valence-electron chi connectivity index (χ4n) is 7.33. The molecule has 334 valence electrons. The monoisotopic (exact) mass is 802 g/mol. The van der Waals surface area contributed by atoms with E-state index in [1.54, 1.807) is 0 Å². The van der Waals surface area contributed by atoms with Crippen LogP contribution in [0.25, 0.3) is 0 Å². The van der Waals surface area contributed by atoms with Crippen LogP contribution in [0.4, 0.5) is 0 Å². The average Bonchev–Trinajstić information content (AvgIpc) is 3.22. The van der Waals surface area contributed by atoms with E-state index in [1.807, 2.05) is 0 Å². The number of aliphatic hydroxyl groups excluding tert-OH is 4. The van der Waals surface area contributed by atoms with Gasteiger partial charge in [0.2, 0.25) is 5.91 Å². The van der Waals surface area contributed by atoms with Crippen molar-refractivity contribution in [3.8, 4) is 0 Å². The van der Waals surface area contributed by atoms with E-state index in [2.05, 4.69) is 67.8 Å². The summed E-state index contributed by atoms with van der Waals surface area (Å²) in [6.45, 7) is 4.03. The highest BCUT2D eigenvalue weighted by Crippen LogP contribution is 2.15. The quantitative estimate of drug-likeness (QED) is 0.0311. The van der Waals surface area contributed by atoms with E-state index in [-0.39, 0.29) is 0 Å². The smallest absolute Gasteiger partial charge is 0.249 e. The standard InChI is InChI=1S/C51H95NO5/c1-3-5-7-9-11-13-15-17-19-20-21-22-23-24-25-26-27-28-29-31-33-35-37-39-41-43-45-49(55)51(57)52-47(46-53)50(56)48(54)44-42-40-38-36-34-32-30-18-16-14-12-10-8-6-4-2/h18,21-22,24-25,30,36,38,47-50,53-56H,3-17,19-20,23,26-29,31-35,37,39-46H2,1-2H3,(H,52,57)/b22-21-,25-24-,30-18+,38-36+. The number of aliphatic hydroxyl groups is 4. The van der Waals surface area contributed by atoms with E-state index in [0.717, 1.165) is 44.9 Å². The zero-order valence-corrected chi connectivity index (χ0v) is 37.6. The lowest BCUT2D eigenvalue weighted by molar-refractivity contribution is -0.132. The Kier molecular flexibility index (Phi) is 44.0. The summed E-state index contributed by atoms with van der Waals surface area (Å²) in [7, 11) is 0. The normalized spacial score (nSPS) is 14.4. The number of rotatable bonds is 44. The maximum atomic E-state index is 12.5. The second-order valence-electron chi connectivity index (χ2n) is 16.8. The van der Waals surface area contributed by atoms with E-state index >= 15 is 0 Å². The van der Waals surface area contributed by atoms with Crippen molar-refractivity contribution in [1.29, 1.82) is 0 Å². The average molecular weight is 802 g/mol. The summed E-state index contributed by atoms with van der Waals surface area (Å²) in [6, 6.07) is -1.01. The third kappa shape index (κ3) is 39.5. The summed E-state index contributed by atoms with van der Waals surface area (Å²) in [5.74, 6) is -0.601. The molecule has 0 aromatic rings. The summed E-state index contributed by atoms with van der Waals surface area (Å²) in [4.78, 5) is 12.5. The van der Waals surface area contributed by atoms with Gasteiger partial charge in [-0.25, -0.2) is 0 Å². The summed E-state index contributed by atoms with van der Waals surface area (Å²) >= 11 is 0. The van der Waals surface area contributed by atoms with E-state index < -0.39 is 36.9 Å². The number of nitrogens with one attached hydrogen (secondary N) is 1. The van der Waals surface area contributed by atoms with Crippen LogP contribution in [0.15, 0.2) is 48.6 Å². The zero-order chi connectivity index (χ0) is 41.7. The van der Waals surface area contributed by atoms with Crippen LogP contribution in [0.3, 0.4) is 0 Å². The van der Waals surface area contributed by atoms with Crippen molar-refractivity contribution in [3.63, 3.8) is 0 Å². The molecule has 0 saturated carbocycles. The Morgan fingerprint density at radius 2 is 0.789 bits per heavy atom. The van der Waals surface area contributed by atoms with Crippen LogP contribution in [0.2, 0.25) is 0 Å². The third-order valence-corrected chi connectivity index (χ3v) is 11.2. The van der Waals surface area contributed by atoms with Gasteiger partial charge in [0.1, 0.15) is 12.2 Å². The van der Waals surface area contributed by atoms with E-state index in [4.69, 9.17) is 0 Å². The van der Waals surface area contributed by atoms with Gasteiger partial charge < -0.3 is 25.7 Å². The van der Waals surface area contributed by atoms with Crippen molar-refractivity contribution >= 4 is 5.91 Å². The van der Waals surface area contributed by atoms with Gasteiger partial charge in [-0.2, -0.15) is 0 Å². The van der Waals surface area contributed by atoms with Gasteiger partial charge in [-0.1, -0.05) is 204 Å². The first-order chi connectivity index (χ1) is 28.0. The molecule has 0 fully saturated rings. The second-order valence-corrected chi connectivity index (χ2v) is 16.8. The molecule has 0 aliphatic rings. The first-order valence-electron chi connectivity index (χ1n) is 24.5. The molecule has 4 atom stereocenters. The van der Waals surface area contributed by atoms with Crippen LogP contribution in [0.5, 0.6) is 0 Å². The maximum Gasteiger partial charge on any atom is 0.249 e. The van der Waals surface area contributed by atoms with Gasteiger partial charge in [0.25, 0.3) is 0 Å². The Labute approximate surface area is 353 Å². The van der Waals surface area contributed by atoms with Gasteiger partial charge in [0, 0.05) is 0 Å². The highest BCUT2D eigenvalue weighted by atomic mass is 16.3. The molecule has 0 bridgehead atoms. The minimum absolute atomic E-state index is 0.355. The van der Waals surface area contributed by atoms with Crippen molar-refractivity contribution < 1.29 is 25.2 Å². The summed E-state index contributed by atoms with van der Waals surface area (Å²) in [5, 5.41) is 43.7. The van der Waals surface area contributed by atoms with Crippen LogP contribution >= 0.6 is 0 Å². The van der Waals surface area contributed by atoms with E-state index in [1.165, 1.54) is 161 Å². The molecule has 0 spiro atoms. The van der Waals surface area contributed by atoms with E-state index in [9.17, 15) is 25.2 Å². The molecule has 0 aromatic heterocycles. The van der Waals surface area contributed by atoms with E-state index in [0.29, 0.717) is 19.3 Å². The number of carbonyl (C=O) groups excluding carboxylic acids is 1. The number of allylic oxidation sites excluding steroid dienone is 8. The Morgan fingerprint density at radius 3 is 1.21 bits per heavy atom. The Morgan fingerprint density at radius 1 is 0.439 bits per heavy atom. The molecule has 0 aliphatic heterocycles. The molecule has 0 heterocycles. The second kappa shape index (κ2) is 45.4. The molecular weight excluding hydrogens is 707 g/mol. The molecule has 0 radical (unpaired) electrons. The van der Waals surface area contributed by atoms with Crippen LogP contribution in [-0.4, -0.2) is 57.3 Å². The maximum absolute atomic E-state index is 12.5. The minimum atomic E-state index is -1.29. The van der Waals surface area contributed by atoms with Crippen LogP contribution in [0.1, 0.15) is 239 Å². The van der Waals surface area contributed by atoms with Crippen LogP contribution in [0, 0.1) is 0 Å². The fourth-order valence-corrected chi connectivity index (χ4v) is 7.33. The number of carbonyl (C=O) groups is 1. The van der Waals surface area contributed by atoms with Crippen molar-refractivity contribution in [1.82, 2.24) is 5.32 Å². The van der Waals surface area contributed by atoms with Crippen LogP contribution in [-0.2, 0) is 4.79 Å². The van der Waals surface area contributed by atoms with Gasteiger partial charge in [0.05, 0.1) is 18.8 Å². The van der Waals surface area contributed by atoms with Gasteiger partial charge in [-0.3, -0.25) is 4.79 Å². The Bertz CT molecular complexity index is 946. The first-order valence-corrected chi connectivity index (χ1v) is 24.5. The molecule has 5 N–H and O–H groups in total. The molecule has 6 heteroatoms. The molecule has 0 aromatic carbocycles. The predicted octanol–water partition coefficient (Wildman–Crippen LogP) is 13.5. The lowest BCUT2D eigenvalue weighted by Crippen LogP contribution is -2.53. The highest BCUT2D eigenvalue weighted by Gasteiger charge is 2.28. The van der Waals surface area contributed by atoms with Gasteiger partial charge in [0.15, 0.2) is 0 Å². The zero-order valence-electron chi connectivity index (χ0n) is 37.6. The lowest BCUT2D eigenvalue weighted by Gasteiger charge is -2.27. The largest absolute Gasteiger partial charge is 0.394 e. The van der Waals surface area contributed by atoms with Crippen molar-refractivity contribution in [3.05, 3.63) is 48.6 Å². The number of unbranched alkanes of at least 4 members (excludes halogenated alkanes) is 27. The predicted molar refractivity (Wildman–Crippen MR) is 247 cm³/mol. The van der Waals surface area contributed by atoms with Crippen molar-refractivity contribution in [2.24, 2.45) is 0 Å². The van der Waals surface area contributed by atoms with Crippen molar-refractivity contribution in [2.75, 3.05) is 6.61 Å². The Balaban J connectivity index is 3.73. The summed E-state index contributed by atoms with van der Waals surface area (Å²) in [6.07, 6.45) is 55.8. The summed E-state index contributed by atoms with van der Waals surface area (Å²) in [5.41, 5.74) is 0. The molecule has 57 heavy (non-hydrogen) atoms. The molecule has 6 nitrogen and oxygen atoms in total. The fraction of sp³-hybridized carbons (Fsp3) is 0.824. The molecule has 0 saturated heterocycles. The van der Waals surface area contributed by atoms with Gasteiger partial charge in [-0.05, 0) is 83.5 Å². The first kappa shape index (κ1) is 55.3. The van der Waals surface area contributed by atoms with Gasteiger partial charge in [-0.15, -0.1) is 0 Å². The minimum Gasteiger partial charge on any atom is -0.394 e. The topological polar surface area (TPSA) is 110 Å². The molecule has 1 amide bonds. The molecule has 0 aliphatic carbocycles. The third-order valence-electron chi connectivity index (χ3n) is 11.2. The Hall–Kier alpha value is -1.73. The molecular formula is C51H95NO5. The SMILES string of the molecule is CCCCCCCC/C=C/CC/C=C/CCCC(O)C(O)C(CO)NC(=O)C(O)CCCCCCCCCCCC/C=C\C/C=C\CCCCCCCCCCC. The van der Waals surface area contributed by atoms with Crippen molar-refractivity contribution in [2.45, 2.75) is 263 Å². The van der Waals surface area contributed by atoms with Gasteiger partial charge >= 0.3 is 0 Å². The summed E-state index contributed by atoms with van der Waals surface area (Å²) < 4.78 is 0. The highest BCUT2D eigenvalue weighted by molar-refractivity contribution is 5.80. The number of hydrogen-bond donors (Lipinski definition) is 5. The van der Waals surface area contributed by atoms with Crippen LogP contribution < -0.4 is 5.32 Å².